The van der Waals surface area contributed by atoms with Crippen molar-refractivity contribution in [3.63, 3.8) is 0 Å². The summed E-state index contributed by atoms with van der Waals surface area (Å²) in [5, 5.41) is 3.32. The van der Waals surface area contributed by atoms with Crippen LogP contribution in [0.25, 0.3) is 11.3 Å². The number of fused-ring (bicyclic) bond motifs is 1. The molecule has 2 aromatic heterocycles. The molecule has 1 aromatic carbocycles. The Bertz CT molecular complexity index is 1190. The third-order valence-corrected chi connectivity index (χ3v) is 8.55. The minimum Gasteiger partial charge on any atom is -0.444 e. The number of hydrogen-bond donors (Lipinski definition) is 1. The maximum absolute atomic E-state index is 13.4. The van der Waals surface area contributed by atoms with E-state index in [0.29, 0.717) is 29.7 Å². The molecular weight excluding hydrogens is 426 g/mol. The van der Waals surface area contributed by atoms with Gasteiger partial charge in [-0.05, 0) is 49.1 Å². The first-order valence-electron chi connectivity index (χ1n) is 10.9. The first-order valence-corrected chi connectivity index (χ1v) is 12.3. The third kappa shape index (κ3) is 3.65. The molecule has 4 heterocycles. The van der Waals surface area contributed by atoms with Crippen molar-refractivity contribution in [1.82, 2.24) is 14.3 Å². The molecule has 2 aliphatic rings. The van der Waals surface area contributed by atoms with Gasteiger partial charge in [0.1, 0.15) is 5.82 Å². The topological polar surface area (TPSA) is 91.6 Å². The highest BCUT2D eigenvalue weighted by atomic mass is 32.2. The van der Waals surface area contributed by atoms with Crippen molar-refractivity contribution in [3.8, 4) is 11.3 Å². The second-order valence-corrected chi connectivity index (χ2v) is 10.5. The number of pyridine rings is 1. The van der Waals surface area contributed by atoms with Gasteiger partial charge in [0, 0.05) is 55.7 Å². The van der Waals surface area contributed by atoms with Crippen molar-refractivity contribution < 1.29 is 12.8 Å². The first kappa shape index (κ1) is 21.0. The molecule has 32 heavy (non-hydrogen) atoms. The van der Waals surface area contributed by atoms with Crippen LogP contribution in [-0.4, -0.2) is 55.4 Å². The lowest BCUT2D eigenvalue weighted by Gasteiger charge is -2.42. The standard InChI is InChI=1S/C23H27N5O3S/c1-16-9-12-28(14-21(16)27(2)20-8-11-26-23-19(20)7-10-25-23)32(29,30)18-5-3-17(4-6-18)22-13-24-15-31-22/h3-6,8,11,13,15-16,21H,7,9-10,12,14H2,1-2H3,(H,25,26)/t16-,21?/m1/s1. The monoisotopic (exact) mass is 453 g/mol. The van der Waals surface area contributed by atoms with Gasteiger partial charge in [0.25, 0.3) is 0 Å². The van der Waals surface area contributed by atoms with Crippen LogP contribution in [0.3, 0.4) is 0 Å². The predicted octanol–water partition coefficient (Wildman–Crippen LogP) is 3.24. The molecule has 5 rings (SSSR count). The molecule has 2 aliphatic heterocycles. The Balaban J connectivity index is 1.38. The number of piperidine rings is 1. The van der Waals surface area contributed by atoms with Gasteiger partial charge in [-0.2, -0.15) is 4.31 Å². The van der Waals surface area contributed by atoms with Crippen molar-refractivity contribution in [3.05, 3.63) is 54.7 Å². The molecule has 0 aliphatic carbocycles. The van der Waals surface area contributed by atoms with Gasteiger partial charge in [-0.25, -0.2) is 18.4 Å². The number of rotatable bonds is 5. The molecule has 1 saturated heterocycles. The minimum absolute atomic E-state index is 0.0825. The van der Waals surface area contributed by atoms with Crippen LogP contribution in [-0.2, 0) is 16.4 Å². The summed E-state index contributed by atoms with van der Waals surface area (Å²) in [7, 11) is -1.53. The van der Waals surface area contributed by atoms with E-state index in [1.807, 2.05) is 12.3 Å². The lowest BCUT2D eigenvalue weighted by molar-refractivity contribution is 0.247. The van der Waals surface area contributed by atoms with Crippen molar-refractivity contribution in [2.24, 2.45) is 5.92 Å². The summed E-state index contributed by atoms with van der Waals surface area (Å²) in [6.07, 6.45) is 6.54. The molecule has 0 bridgehead atoms. The fourth-order valence-electron chi connectivity index (χ4n) is 4.74. The lowest BCUT2D eigenvalue weighted by Crippen LogP contribution is -2.52. The Morgan fingerprint density at radius 2 is 2.03 bits per heavy atom. The highest BCUT2D eigenvalue weighted by Gasteiger charge is 2.36. The predicted molar refractivity (Wildman–Crippen MR) is 123 cm³/mol. The summed E-state index contributed by atoms with van der Waals surface area (Å²) in [6.45, 7) is 4.07. The Hall–Kier alpha value is -2.91. The van der Waals surface area contributed by atoms with Crippen LogP contribution in [0.5, 0.6) is 0 Å². The van der Waals surface area contributed by atoms with E-state index in [4.69, 9.17) is 4.42 Å². The van der Waals surface area contributed by atoms with E-state index < -0.39 is 10.0 Å². The second-order valence-electron chi connectivity index (χ2n) is 8.53. The van der Waals surface area contributed by atoms with Crippen LogP contribution < -0.4 is 10.2 Å². The van der Waals surface area contributed by atoms with Gasteiger partial charge in [-0.3, -0.25) is 0 Å². The summed E-state index contributed by atoms with van der Waals surface area (Å²) in [6, 6.07) is 8.93. The van der Waals surface area contributed by atoms with E-state index in [-0.39, 0.29) is 6.04 Å². The van der Waals surface area contributed by atoms with E-state index >= 15 is 0 Å². The van der Waals surface area contributed by atoms with E-state index in [1.165, 1.54) is 12.0 Å². The van der Waals surface area contributed by atoms with Gasteiger partial charge in [-0.1, -0.05) is 6.92 Å². The summed E-state index contributed by atoms with van der Waals surface area (Å²) in [5.74, 6) is 1.93. The zero-order chi connectivity index (χ0) is 22.3. The van der Waals surface area contributed by atoms with Crippen LogP contribution in [0.1, 0.15) is 18.9 Å². The van der Waals surface area contributed by atoms with Crippen LogP contribution in [0.15, 0.2) is 58.4 Å². The van der Waals surface area contributed by atoms with Crippen molar-refractivity contribution >= 4 is 21.5 Å². The molecule has 168 valence electrons. The van der Waals surface area contributed by atoms with E-state index in [1.54, 1.807) is 34.8 Å². The van der Waals surface area contributed by atoms with Crippen molar-refractivity contribution in [1.29, 1.82) is 0 Å². The molecule has 3 aromatic rings. The number of sulfonamides is 1. The van der Waals surface area contributed by atoms with Gasteiger partial charge in [0.05, 0.1) is 11.1 Å². The van der Waals surface area contributed by atoms with Crippen molar-refractivity contribution in [2.45, 2.75) is 30.7 Å². The van der Waals surface area contributed by atoms with Crippen LogP contribution in [0, 0.1) is 5.92 Å². The van der Waals surface area contributed by atoms with Crippen LogP contribution in [0.2, 0.25) is 0 Å². The summed E-state index contributed by atoms with van der Waals surface area (Å²) in [4.78, 5) is 10.9. The first-order chi connectivity index (χ1) is 15.4. The average Bonchev–Trinajstić information content (AvgIpc) is 3.51. The molecule has 1 unspecified atom stereocenters. The van der Waals surface area contributed by atoms with Gasteiger partial charge < -0.3 is 14.6 Å². The molecule has 0 amide bonds. The fourth-order valence-corrected chi connectivity index (χ4v) is 6.21. The molecule has 9 heteroatoms. The largest absolute Gasteiger partial charge is 0.444 e. The minimum atomic E-state index is -3.60. The number of aromatic nitrogens is 2. The Morgan fingerprint density at radius 1 is 1.22 bits per heavy atom. The quantitative estimate of drug-likeness (QED) is 0.634. The molecule has 0 saturated carbocycles. The summed E-state index contributed by atoms with van der Waals surface area (Å²) < 4.78 is 33.8. The maximum atomic E-state index is 13.4. The van der Waals surface area contributed by atoms with Crippen molar-refractivity contribution in [2.75, 3.05) is 36.9 Å². The number of nitrogens with one attached hydrogen (secondary N) is 1. The Labute approximate surface area is 188 Å². The van der Waals surface area contributed by atoms with Gasteiger partial charge >= 0.3 is 0 Å². The number of oxazole rings is 1. The molecule has 1 fully saturated rings. The third-order valence-electron chi connectivity index (χ3n) is 6.67. The lowest BCUT2D eigenvalue weighted by atomic mass is 9.93. The number of anilines is 2. The smallest absolute Gasteiger partial charge is 0.243 e. The molecule has 0 radical (unpaired) electrons. The number of likely N-dealkylation sites (N-methyl/N-ethyl adjacent to an activating group) is 1. The summed E-state index contributed by atoms with van der Waals surface area (Å²) in [5.41, 5.74) is 3.14. The van der Waals surface area contributed by atoms with Gasteiger partial charge in [0.15, 0.2) is 12.2 Å². The average molecular weight is 454 g/mol. The Morgan fingerprint density at radius 3 is 2.78 bits per heavy atom. The highest BCUT2D eigenvalue weighted by Crippen LogP contribution is 2.34. The highest BCUT2D eigenvalue weighted by molar-refractivity contribution is 7.89. The molecule has 0 spiro atoms. The number of benzene rings is 1. The second kappa shape index (κ2) is 8.22. The number of hydrogen-bond acceptors (Lipinski definition) is 7. The van der Waals surface area contributed by atoms with E-state index in [0.717, 1.165) is 36.5 Å². The zero-order valence-corrected chi connectivity index (χ0v) is 19.0. The van der Waals surface area contributed by atoms with E-state index in [9.17, 15) is 8.42 Å². The Kier molecular flexibility index (Phi) is 5.38. The van der Waals surface area contributed by atoms with Gasteiger partial charge in [0.2, 0.25) is 10.0 Å². The SMILES string of the molecule is C[C@@H]1CCN(S(=O)(=O)c2ccc(-c3cnco3)cc2)CC1N(C)c1ccnc2c1CCN2. The summed E-state index contributed by atoms with van der Waals surface area (Å²) >= 11 is 0. The molecule has 1 N–H and O–H groups in total. The number of nitrogens with zero attached hydrogens (tertiary/aromatic N) is 4. The van der Waals surface area contributed by atoms with Crippen LogP contribution >= 0.6 is 0 Å². The fraction of sp³-hybridized carbons (Fsp3) is 0.391. The normalized spacial score (nSPS) is 21.2. The molecular formula is C23H27N5O3S. The molecule has 2 atom stereocenters. The molecule has 8 nitrogen and oxygen atoms in total. The van der Waals surface area contributed by atoms with E-state index in [2.05, 4.69) is 34.2 Å². The zero-order valence-electron chi connectivity index (χ0n) is 18.2. The van der Waals surface area contributed by atoms with Crippen LogP contribution in [0.4, 0.5) is 11.5 Å². The van der Waals surface area contributed by atoms with Gasteiger partial charge in [-0.15, -0.1) is 0 Å². The maximum Gasteiger partial charge on any atom is 0.243 e.